The van der Waals surface area contributed by atoms with E-state index in [-0.39, 0.29) is 17.5 Å². The van der Waals surface area contributed by atoms with Crippen LogP contribution in [0.15, 0.2) is 28.9 Å². The maximum Gasteiger partial charge on any atom is 0.253 e. The highest BCUT2D eigenvalue weighted by atomic mass is 19.1. The van der Waals surface area contributed by atoms with Gasteiger partial charge in [0.05, 0.1) is 11.8 Å². The van der Waals surface area contributed by atoms with Crippen molar-refractivity contribution < 1.29 is 13.6 Å². The number of hydrogen-bond donors (Lipinski definition) is 1. The van der Waals surface area contributed by atoms with Crippen molar-refractivity contribution in [3.05, 3.63) is 47.7 Å². The average molecular weight is 249 g/mol. The van der Waals surface area contributed by atoms with Crippen LogP contribution in [-0.4, -0.2) is 15.9 Å². The molecule has 6 heteroatoms. The van der Waals surface area contributed by atoms with E-state index < -0.39 is 5.95 Å². The molecule has 0 aliphatic carbocycles. The van der Waals surface area contributed by atoms with Gasteiger partial charge >= 0.3 is 0 Å². The highest BCUT2D eigenvalue weighted by Crippen LogP contribution is 2.12. The van der Waals surface area contributed by atoms with Crippen molar-refractivity contribution in [1.82, 2.24) is 15.3 Å². The minimum absolute atomic E-state index is 0.284. The summed E-state index contributed by atoms with van der Waals surface area (Å²) in [7, 11) is 0. The molecule has 2 rings (SSSR count). The zero-order chi connectivity index (χ0) is 13.1. The number of rotatable bonds is 3. The van der Waals surface area contributed by atoms with E-state index in [0.29, 0.717) is 11.7 Å². The van der Waals surface area contributed by atoms with Crippen LogP contribution in [0.25, 0.3) is 0 Å². The predicted molar refractivity (Wildman–Crippen MR) is 61.3 cm³/mol. The molecule has 0 radical (unpaired) electrons. The number of aromatic nitrogens is 2. The zero-order valence-corrected chi connectivity index (χ0v) is 9.98. The first-order chi connectivity index (χ1) is 8.56. The molecular formula is C12H12FN3O2. The molecule has 2 aromatic heterocycles. The Morgan fingerprint density at radius 3 is 2.72 bits per heavy atom. The Balaban J connectivity index is 2.05. The summed E-state index contributed by atoms with van der Waals surface area (Å²) >= 11 is 0. The van der Waals surface area contributed by atoms with Crippen molar-refractivity contribution in [2.75, 3.05) is 0 Å². The fourth-order valence-electron chi connectivity index (χ4n) is 1.42. The number of oxazole rings is 1. The van der Waals surface area contributed by atoms with E-state index in [9.17, 15) is 9.18 Å². The summed E-state index contributed by atoms with van der Waals surface area (Å²) in [5, 5.41) is 2.69. The van der Waals surface area contributed by atoms with Gasteiger partial charge in [-0.3, -0.25) is 4.79 Å². The summed E-state index contributed by atoms with van der Waals surface area (Å²) in [5.41, 5.74) is 0.284. The van der Waals surface area contributed by atoms with Gasteiger partial charge in [0.1, 0.15) is 11.8 Å². The van der Waals surface area contributed by atoms with Gasteiger partial charge in [-0.15, -0.1) is 0 Å². The Kier molecular flexibility index (Phi) is 3.36. The molecular weight excluding hydrogens is 237 g/mol. The first-order valence-corrected chi connectivity index (χ1v) is 5.41. The number of carbonyl (C=O) groups excluding carboxylic acids is 1. The smallest absolute Gasteiger partial charge is 0.253 e. The molecule has 0 spiro atoms. The van der Waals surface area contributed by atoms with Crippen molar-refractivity contribution in [2.24, 2.45) is 0 Å². The molecule has 1 N–H and O–H groups in total. The zero-order valence-electron chi connectivity index (χ0n) is 9.98. The van der Waals surface area contributed by atoms with Gasteiger partial charge in [-0.1, -0.05) is 0 Å². The third-order valence-corrected chi connectivity index (χ3v) is 2.35. The molecule has 0 fully saturated rings. The largest absolute Gasteiger partial charge is 0.444 e. The number of aryl methyl sites for hydroxylation is 1. The molecule has 0 aromatic carbocycles. The molecule has 0 saturated heterocycles. The van der Waals surface area contributed by atoms with Crippen LogP contribution < -0.4 is 5.32 Å². The second-order valence-electron chi connectivity index (χ2n) is 3.87. The summed E-state index contributed by atoms with van der Waals surface area (Å²) < 4.78 is 17.9. The lowest BCUT2D eigenvalue weighted by Gasteiger charge is -2.10. The lowest BCUT2D eigenvalue weighted by Crippen LogP contribution is -2.26. The lowest BCUT2D eigenvalue weighted by atomic mass is 10.2. The number of hydrogen-bond acceptors (Lipinski definition) is 4. The van der Waals surface area contributed by atoms with Gasteiger partial charge in [-0.05, 0) is 26.0 Å². The van der Waals surface area contributed by atoms with Crippen molar-refractivity contribution >= 4 is 5.91 Å². The topological polar surface area (TPSA) is 68.0 Å². The van der Waals surface area contributed by atoms with Crippen LogP contribution in [-0.2, 0) is 0 Å². The molecule has 2 aromatic rings. The van der Waals surface area contributed by atoms with Gasteiger partial charge in [0.2, 0.25) is 11.8 Å². The highest BCUT2D eigenvalue weighted by molar-refractivity contribution is 5.93. The quantitative estimate of drug-likeness (QED) is 0.845. The van der Waals surface area contributed by atoms with Gasteiger partial charge in [0, 0.05) is 6.20 Å². The maximum atomic E-state index is 12.6. The summed E-state index contributed by atoms with van der Waals surface area (Å²) in [6.07, 6.45) is 2.76. The molecule has 1 unspecified atom stereocenters. The van der Waals surface area contributed by atoms with E-state index in [1.807, 2.05) is 0 Å². The van der Waals surface area contributed by atoms with Gasteiger partial charge in [0.25, 0.3) is 5.91 Å². The Bertz CT molecular complexity index is 551. The van der Waals surface area contributed by atoms with E-state index in [0.717, 1.165) is 6.07 Å². The summed E-state index contributed by atoms with van der Waals surface area (Å²) in [6.45, 7) is 3.52. The molecule has 0 aliphatic rings. The van der Waals surface area contributed by atoms with Crippen LogP contribution in [0, 0.1) is 12.9 Å². The number of nitrogens with zero attached hydrogens (tertiary/aromatic N) is 2. The third kappa shape index (κ3) is 2.71. The Labute approximate surface area is 103 Å². The minimum atomic E-state index is -0.622. The number of nitrogens with one attached hydrogen (secondary N) is 1. The molecule has 94 valence electrons. The Hall–Kier alpha value is -2.24. The van der Waals surface area contributed by atoms with E-state index in [1.165, 1.54) is 12.3 Å². The van der Waals surface area contributed by atoms with Crippen LogP contribution in [0.2, 0.25) is 0 Å². The van der Waals surface area contributed by atoms with Crippen LogP contribution in [0.4, 0.5) is 4.39 Å². The normalized spacial score (nSPS) is 12.2. The molecule has 0 saturated carbocycles. The predicted octanol–water partition coefficient (Wildman–Crippen LogP) is 2.01. The number of carbonyl (C=O) groups is 1. The van der Waals surface area contributed by atoms with Crippen molar-refractivity contribution in [1.29, 1.82) is 0 Å². The van der Waals surface area contributed by atoms with Crippen molar-refractivity contribution in [3.63, 3.8) is 0 Å². The molecule has 2 heterocycles. The molecule has 0 bridgehead atoms. The maximum absolute atomic E-state index is 12.6. The first kappa shape index (κ1) is 12.2. The molecule has 0 aliphatic heterocycles. The van der Waals surface area contributed by atoms with E-state index in [2.05, 4.69) is 15.3 Å². The Morgan fingerprint density at radius 1 is 1.39 bits per heavy atom. The van der Waals surface area contributed by atoms with Gasteiger partial charge in [-0.25, -0.2) is 9.97 Å². The number of halogens is 1. The van der Waals surface area contributed by atoms with Crippen LogP contribution in [0.3, 0.4) is 0 Å². The Morgan fingerprint density at radius 2 is 2.17 bits per heavy atom. The van der Waals surface area contributed by atoms with Crippen molar-refractivity contribution in [2.45, 2.75) is 19.9 Å². The van der Waals surface area contributed by atoms with Gasteiger partial charge in [0.15, 0.2) is 0 Å². The van der Waals surface area contributed by atoms with Crippen LogP contribution in [0.1, 0.15) is 35.0 Å². The second kappa shape index (κ2) is 4.95. The molecule has 18 heavy (non-hydrogen) atoms. The van der Waals surface area contributed by atoms with E-state index in [1.54, 1.807) is 20.0 Å². The fraction of sp³-hybridized carbons (Fsp3) is 0.250. The van der Waals surface area contributed by atoms with Crippen molar-refractivity contribution in [3.8, 4) is 0 Å². The molecule has 1 amide bonds. The number of amides is 1. The van der Waals surface area contributed by atoms with Crippen LogP contribution in [0.5, 0.6) is 0 Å². The summed E-state index contributed by atoms with van der Waals surface area (Å²) in [5.74, 6) is 0.124. The minimum Gasteiger partial charge on any atom is -0.444 e. The highest BCUT2D eigenvalue weighted by Gasteiger charge is 2.15. The van der Waals surface area contributed by atoms with E-state index in [4.69, 9.17) is 4.42 Å². The monoisotopic (exact) mass is 249 g/mol. The van der Waals surface area contributed by atoms with Gasteiger partial charge < -0.3 is 9.73 Å². The van der Waals surface area contributed by atoms with Crippen LogP contribution >= 0.6 is 0 Å². The summed E-state index contributed by atoms with van der Waals surface area (Å²) in [6, 6.07) is 2.14. The average Bonchev–Trinajstić information content (AvgIpc) is 2.76. The SMILES string of the molecule is Cc1cnc(C(C)NC(=O)c2ccc(F)nc2)o1. The standard InChI is InChI=1S/C12H12FN3O2/c1-7-5-15-12(18-7)8(2)16-11(17)9-3-4-10(13)14-6-9/h3-6,8H,1-2H3,(H,16,17). The third-order valence-electron chi connectivity index (χ3n) is 2.35. The molecule has 5 nitrogen and oxygen atoms in total. The first-order valence-electron chi connectivity index (χ1n) is 5.41. The number of pyridine rings is 1. The molecule has 1 atom stereocenters. The summed E-state index contributed by atoms with van der Waals surface area (Å²) in [4.78, 5) is 19.2. The fourth-order valence-corrected chi connectivity index (χ4v) is 1.42. The van der Waals surface area contributed by atoms with E-state index >= 15 is 0 Å². The second-order valence-corrected chi connectivity index (χ2v) is 3.87. The lowest BCUT2D eigenvalue weighted by molar-refractivity contribution is 0.0933. The van der Waals surface area contributed by atoms with Gasteiger partial charge in [-0.2, -0.15) is 4.39 Å².